The molecule has 0 bridgehead atoms. The molecule has 0 fully saturated rings. The maximum atomic E-state index is 12.1. The van der Waals surface area contributed by atoms with E-state index >= 15 is 0 Å². The lowest BCUT2D eigenvalue weighted by Gasteiger charge is -2.07. The van der Waals surface area contributed by atoms with Crippen LogP contribution in [0, 0.1) is 0 Å². The van der Waals surface area contributed by atoms with Crippen molar-refractivity contribution in [3.63, 3.8) is 0 Å². The summed E-state index contributed by atoms with van der Waals surface area (Å²) in [7, 11) is 4.94. The van der Waals surface area contributed by atoms with Crippen molar-refractivity contribution in [2.75, 3.05) is 0 Å². The van der Waals surface area contributed by atoms with Crippen LogP contribution in [0.5, 0.6) is 0 Å². The third-order valence-corrected chi connectivity index (χ3v) is 3.56. The minimum absolute atomic E-state index is 0.252. The van der Waals surface area contributed by atoms with Crippen molar-refractivity contribution in [3.05, 3.63) is 26.7 Å². The summed E-state index contributed by atoms with van der Waals surface area (Å²) in [4.78, 5) is 28.4. The Morgan fingerprint density at radius 1 is 1.11 bits per heavy atom. The van der Waals surface area contributed by atoms with E-state index in [1.54, 1.807) is 11.6 Å². The van der Waals surface area contributed by atoms with E-state index in [2.05, 4.69) is 18.8 Å². The largest absolute Gasteiger partial charge is 0.332 e. The van der Waals surface area contributed by atoms with Gasteiger partial charge in [-0.05, 0) is 6.42 Å². The highest BCUT2D eigenvalue weighted by Gasteiger charge is 2.19. The number of aromatic nitrogens is 4. The van der Waals surface area contributed by atoms with Gasteiger partial charge in [-0.2, -0.15) is 0 Å². The molecule has 2 rings (SSSR count). The van der Waals surface area contributed by atoms with Crippen molar-refractivity contribution in [3.8, 4) is 0 Å². The Hall–Kier alpha value is -1.85. The van der Waals surface area contributed by atoms with E-state index in [1.165, 1.54) is 11.6 Å². The van der Waals surface area contributed by atoms with Crippen LogP contribution in [-0.2, 0) is 21.1 Å². The fourth-order valence-corrected chi connectivity index (χ4v) is 2.16. The highest BCUT2D eigenvalue weighted by atomic mass is 16.2. The van der Waals surface area contributed by atoms with E-state index < -0.39 is 0 Å². The molecule has 0 aliphatic heterocycles. The predicted molar refractivity (Wildman–Crippen MR) is 69.9 cm³/mol. The van der Waals surface area contributed by atoms with E-state index in [4.69, 9.17) is 0 Å². The van der Waals surface area contributed by atoms with Crippen LogP contribution in [0.4, 0.5) is 0 Å². The summed E-state index contributed by atoms with van der Waals surface area (Å²) in [5, 5.41) is 0. The number of hydrogen-bond donors (Lipinski definition) is 0. The highest BCUT2D eigenvalue weighted by Crippen LogP contribution is 2.19. The van der Waals surface area contributed by atoms with Gasteiger partial charge in [-0.15, -0.1) is 0 Å². The molecule has 2 aromatic rings. The van der Waals surface area contributed by atoms with Gasteiger partial charge in [0.25, 0.3) is 5.56 Å². The second-order valence-electron chi connectivity index (χ2n) is 4.72. The molecule has 0 aliphatic rings. The molecule has 0 saturated carbocycles. The van der Waals surface area contributed by atoms with Gasteiger partial charge < -0.3 is 4.57 Å². The Morgan fingerprint density at radius 2 is 1.72 bits per heavy atom. The average molecular weight is 250 g/mol. The summed E-state index contributed by atoms with van der Waals surface area (Å²) in [5.74, 6) is 1.09. The van der Waals surface area contributed by atoms with Gasteiger partial charge in [-0.3, -0.25) is 13.9 Å². The van der Waals surface area contributed by atoms with Gasteiger partial charge in [0.15, 0.2) is 11.2 Å². The van der Waals surface area contributed by atoms with Crippen molar-refractivity contribution in [2.24, 2.45) is 21.1 Å². The number of aryl methyl sites for hydroxylation is 2. The number of hydrogen-bond acceptors (Lipinski definition) is 3. The first-order valence-electron chi connectivity index (χ1n) is 6.02. The molecule has 1 atom stereocenters. The minimum Gasteiger partial charge on any atom is -0.325 e. The van der Waals surface area contributed by atoms with E-state index in [9.17, 15) is 9.59 Å². The maximum absolute atomic E-state index is 12.1. The Morgan fingerprint density at radius 3 is 2.28 bits per heavy atom. The van der Waals surface area contributed by atoms with Crippen LogP contribution >= 0.6 is 0 Å². The maximum Gasteiger partial charge on any atom is 0.332 e. The Balaban J connectivity index is 2.98. The van der Waals surface area contributed by atoms with Crippen LogP contribution in [0.15, 0.2) is 9.59 Å². The first kappa shape index (κ1) is 12.6. The number of rotatable bonds is 2. The SMILES string of the molecule is CCC(C)c1nc2c(c(=O)n(C)c(=O)n2C)n1C. The molecular weight excluding hydrogens is 232 g/mol. The van der Waals surface area contributed by atoms with Gasteiger partial charge in [-0.25, -0.2) is 9.78 Å². The second-order valence-corrected chi connectivity index (χ2v) is 4.72. The zero-order chi connectivity index (χ0) is 13.6. The molecule has 18 heavy (non-hydrogen) atoms. The lowest BCUT2D eigenvalue weighted by atomic mass is 10.1. The van der Waals surface area contributed by atoms with Crippen LogP contribution in [0.25, 0.3) is 11.2 Å². The summed E-state index contributed by atoms with van der Waals surface area (Å²) >= 11 is 0. The molecule has 2 heterocycles. The fourth-order valence-electron chi connectivity index (χ4n) is 2.16. The highest BCUT2D eigenvalue weighted by molar-refractivity contribution is 5.71. The number of fused-ring (bicyclic) bond motifs is 1. The van der Waals surface area contributed by atoms with Gasteiger partial charge in [0.05, 0.1) is 0 Å². The zero-order valence-corrected chi connectivity index (χ0v) is 11.4. The Labute approximate surface area is 104 Å². The molecule has 0 radical (unpaired) electrons. The molecule has 0 amide bonds. The Bertz CT molecular complexity index is 720. The molecule has 0 aliphatic carbocycles. The average Bonchev–Trinajstić information content (AvgIpc) is 2.71. The second kappa shape index (κ2) is 4.12. The molecule has 0 aromatic carbocycles. The van der Waals surface area contributed by atoms with Crippen molar-refractivity contribution in [1.29, 1.82) is 0 Å². The topological polar surface area (TPSA) is 61.8 Å². The predicted octanol–water partition coefficient (Wildman–Crippen LogP) is 0.484. The third-order valence-electron chi connectivity index (χ3n) is 3.56. The van der Waals surface area contributed by atoms with Crippen LogP contribution in [0.2, 0.25) is 0 Å². The van der Waals surface area contributed by atoms with Crippen molar-refractivity contribution < 1.29 is 0 Å². The van der Waals surface area contributed by atoms with Crippen LogP contribution in [-0.4, -0.2) is 18.7 Å². The summed E-state index contributed by atoms with van der Waals surface area (Å²) in [5.41, 5.74) is 0.301. The van der Waals surface area contributed by atoms with Crippen molar-refractivity contribution in [2.45, 2.75) is 26.2 Å². The molecule has 2 aromatic heterocycles. The quantitative estimate of drug-likeness (QED) is 0.779. The normalized spacial score (nSPS) is 13.2. The minimum atomic E-state index is -0.346. The molecule has 0 saturated heterocycles. The molecule has 6 heteroatoms. The fraction of sp³-hybridized carbons (Fsp3) is 0.583. The molecule has 1 unspecified atom stereocenters. The summed E-state index contributed by atoms with van der Waals surface area (Å²) < 4.78 is 4.33. The van der Waals surface area contributed by atoms with Crippen molar-refractivity contribution >= 4 is 11.2 Å². The van der Waals surface area contributed by atoms with Crippen molar-refractivity contribution in [1.82, 2.24) is 18.7 Å². The molecular formula is C12H18N4O2. The molecule has 98 valence electrons. The van der Waals surface area contributed by atoms with E-state index in [-0.39, 0.29) is 17.2 Å². The van der Waals surface area contributed by atoms with Crippen LogP contribution < -0.4 is 11.2 Å². The number of imidazole rings is 1. The van der Waals surface area contributed by atoms with E-state index in [0.717, 1.165) is 16.8 Å². The first-order chi connectivity index (χ1) is 8.40. The summed E-state index contributed by atoms with van der Waals surface area (Å²) in [6.45, 7) is 4.13. The first-order valence-corrected chi connectivity index (χ1v) is 6.02. The summed E-state index contributed by atoms with van der Waals surface area (Å²) in [6, 6.07) is 0. The zero-order valence-electron chi connectivity index (χ0n) is 11.4. The standard InChI is InChI=1S/C12H18N4O2/c1-6-7(2)9-13-10-8(14(9)3)11(17)16(5)12(18)15(10)4/h7H,6H2,1-5H3. The molecule has 0 N–H and O–H groups in total. The lowest BCUT2D eigenvalue weighted by molar-refractivity contribution is 0.647. The lowest BCUT2D eigenvalue weighted by Crippen LogP contribution is -2.37. The Kier molecular flexibility index (Phi) is 2.88. The van der Waals surface area contributed by atoms with Gasteiger partial charge in [0.1, 0.15) is 5.82 Å². The van der Waals surface area contributed by atoms with Gasteiger partial charge in [0.2, 0.25) is 0 Å². The van der Waals surface area contributed by atoms with Gasteiger partial charge in [-0.1, -0.05) is 13.8 Å². The van der Waals surface area contributed by atoms with Gasteiger partial charge in [0, 0.05) is 27.1 Å². The van der Waals surface area contributed by atoms with E-state index in [0.29, 0.717) is 11.2 Å². The molecule has 6 nitrogen and oxygen atoms in total. The third kappa shape index (κ3) is 1.52. The smallest absolute Gasteiger partial charge is 0.325 e. The summed E-state index contributed by atoms with van der Waals surface area (Å²) in [6.07, 6.45) is 0.936. The van der Waals surface area contributed by atoms with Gasteiger partial charge >= 0.3 is 5.69 Å². The monoisotopic (exact) mass is 250 g/mol. The number of nitrogens with zero attached hydrogens (tertiary/aromatic N) is 4. The van der Waals surface area contributed by atoms with Crippen LogP contribution in [0.3, 0.4) is 0 Å². The van der Waals surface area contributed by atoms with Crippen LogP contribution in [0.1, 0.15) is 32.0 Å². The molecule has 0 spiro atoms. The van der Waals surface area contributed by atoms with E-state index in [1.807, 2.05) is 7.05 Å².